The van der Waals surface area contributed by atoms with Gasteiger partial charge in [-0.25, -0.2) is 0 Å². The quantitative estimate of drug-likeness (QED) is 0.0469. The summed E-state index contributed by atoms with van der Waals surface area (Å²) < 4.78 is 12.3. The van der Waals surface area contributed by atoms with E-state index < -0.39 is 17.7 Å². The minimum Gasteiger partial charge on any atom is -0.507 e. The molecule has 2 atom stereocenters. The van der Waals surface area contributed by atoms with Crippen molar-refractivity contribution in [3.63, 3.8) is 0 Å². The molecule has 3 heterocycles. The number of unbranched alkanes of at least 4 members (excludes halogenated alkanes) is 1. The van der Waals surface area contributed by atoms with Gasteiger partial charge in [0, 0.05) is 22.8 Å². The number of rotatable bonds is 10. The van der Waals surface area contributed by atoms with Crippen LogP contribution in [0.5, 0.6) is 11.5 Å². The average molecular weight is 648 g/mol. The Kier molecular flexibility index (Phi) is 8.93. The highest BCUT2D eigenvalue weighted by Crippen LogP contribution is 2.45. The first-order valence-electron chi connectivity index (χ1n) is 14.4. The second kappa shape index (κ2) is 13.0. The minimum absolute atomic E-state index is 0.00728. The number of aliphatic hydroxyl groups excluding tert-OH is 1. The summed E-state index contributed by atoms with van der Waals surface area (Å²) >= 11 is 8.70. The molecule has 0 bridgehead atoms. The summed E-state index contributed by atoms with van der Waals surface area (Å²) in [5.41, 5.74) is 3.07. The van der Waals surface area contributed by atoms with Crippen LogP contribution in [-0.4, -0.2) is 39.7 Å². The van der Waals surface area contributed by atoms with Gasteiger partial charge in [-0.1, -0.05) is 72.3 Å². The number of anilines is 1. The molecule has 44 heavy (non-hydrogen) atoms. The molecule has 2 aliphatic rings. The van der Waals surface area contributed by atoms with Crippen LogP contribution in [0.4, 0.5) is 5.13 Å². The van der Waals surface area contributed by atoms with E-state index in [1.54, 1.807) is 12.1 Å². The van der Waals surface area contributed by atoms with Gasteiger partial charge in [0.2, 0.25) is 5.13 Å². The van der Waals surface area contributed by atoms with Crippen molar-refractivity contribution < 1.29 is 24.2 Å². The standard InChI is InChI=1S/C33H30ClN3O5S2/c1-3-4-15-41-25-12-7-21(8-13-25)28-27(29(38)22-9-14-26-23(17-22)16-19(2)42-26)30(39)31(40)37(28)32-35-36-33(44-32)43-18-20-5-10-24(34)11-6-20/h5-14,17,19,28,38H,3-4,15-16,18H2,1-2H3/b29-27+. The van der Waals surface area contributed by atoms with Crippen LogP contribution in [0.3, 0.4) is 0 Å². The normalized spacial score (nSPS) is 18.8. The molecule has 0 radical (unpaired) electrons. The number of hydrogen-bond acceptors (Lipinski definition) is 9. The zero-order chi connectivity index (χ0) is 30.8. The number of thioether (sulfide) groups is 1. The van der Waals surface area contributed by atoms with Crippen molar-refractivity contribution in [3.05, 3.63) is 99.6 Å². The van der Waals surface area contributed by atoms with Crippen molar-refractivity contribution in [2.24, 2.45) is 0 Å². The predicted octanol–water partition coefficient (Wildman–Crippen LogP) is 7.61. The summed E-state index contributed by atoms with van der Waals surface area (Å²) in [5.74, 6) is 0.262. The summed E-state index contributed by atoms with van der Waals surface area (Å²) in [6, 6.07) is 19.2. The fourth-order valence-corrected chi connectivity index (χ4v) is 7.18. The first-order valence-corrected chi connectivity index (χ1v) is 16.5. The predicted molar refractivity (Wildman–Crippen MR) is 173 cm³/mol. The van der Waals surface area contributed by atoms with E-state index in [4.69, 9.17) is 21.1 Å². The Balaban J connectivity index is 1.36. The van der Waals surface area contributed by atoms with Crippen molar-refractivity contribution in [2.45, 2.75) is 55.3 Å². The van der Waals surface area contributed by atoms with Gasteiger partial charge in [0.05, 0.1) is 18.2 Å². The lowest BCUT2D eigenvalue weighted by Crippen LogP contribution is -2.29. The molecule has 0 saturated carbocycles. The molecule has 2 aliphatic heterocycles. The lowest BCUT2D eigenvalue weighted by atomic mass is 9.94. The highest BCUT2D eigenvalue weighted by atomic mass is 35.5. The van der Waals surface area contributed by atoms with E-state index in [2.05, 4.69) is 17.1 Å². The van der Waals surface area contributed by atoms with E-state index in [0.717, 1.165) is 29.7 Å². The molecule has 1 amide bonds. The van der Waals surface area contributed by atoms with Gasteiger partial charge in [-0.3, -0.25) is 14.5 Å². The number of halogens is 1. The lowest BCUT2D eigenvalue weighted by molar-refractivity contribution is -0.132. The van der Waals surface area contributed by atoms with Crippen LogP contribution in [0.25, 0.3) is 5.76 Å². The Hall–Kier alpha value is -3.86. The van der Waals surface area contributed by atoms with Gasteiger partial charge in [-0.05, 0) is 72.5 Å². The number of amides is 1. The van der Waals surface area contributed by atoms with E-state index in [-0.39, 0.29) is 22.6 Å². The summed E-state index contributed by atoms with van der Waals surface area (Å²) in [6.45, 7) is 4.67. The monoisotopic (exact) mass is 647 g/mol. The Morgan fingerprint density at radius 1 is 1.11 bits per heavy atom. The summed E-state index contributed by atoms with van der Waals surface area (Å²) in [7, 11) is 0. The molecule has 3 aromatic carbocycles. The topological polar surface area (TPSA) is 102 Å². The number of hydrogen-bond donors (Lipinski definition) is 1. The smallest absolute Gasteiger partial charge is 0.301 e. The third kappa shape index (κ3) is 6.20. The lowest BCUT2D eigenvalue weighted by Gasteiger charge is -2.22. The Bertz CT molecular complexity index is 1720. The van der Waals surface area contributed by atoms with E-state index >= 15 is 0 Å². The summed E-state index contributed by atoms with van der Waals surface area (Å²) in [6.07, 6.45) is 2.66. The van der Waals surface area contributed by atoms with Gasteiger partial charge < -0.3 is 14.6 Å². The van der Waals surface area contributed by atoms with Crippen LogP contribution in [0, 0.1) is 0 Å². The Labute approximate surface area is 268 Å². The fourth-order valence-electron chi connectivity index (χ4n) is 5.23. The van der Waals surface area contributed by atoms with Gasteiger partial charge in [0.1, 0.15) is 23.4 Å². The zero-order valence-electron chi connectivity index (χ0n) is 24.2. The minimum atomic E-state index is -0.912. The fraction of sp³-hybridized carbons (Fsp3) is 0.273. The number of Topliss-reactive ketones (excluding diaryl/α,β-unsaturated/α-hetero) is 1. The molecule has 2 unspecified atom stereocenters. The van der Waals surface area contributed by atoms with Gasteiger partial charge in [0.25, 0.3) is 5.78 Å². The van der Waals surface area contributed by atoms with Gasteiger partial charge in [-0.2, -0.15) is 0 Å². The molecule has 0 aliphatic carbocycles. The van der Waals surface area contributed by atoms with E-state index in [1.165, 1.54) is 28.0 Å². The van der Waals surface area contributed by atoms with Gasteiger partial charge >= 0.3 is 5.91 Å². The first kappa shape index (κ1) is 30.2. The van der Waals surface area contributed by atoms with Crippen molar-refractivity contribution in [1.82, 2.24) is 10.2 Å². The molecule has 11 heteroatoms. The number of carbonyl (C=O) groups excluding carboxylic acids is 2. The molecule has 226 valence electrons. The van der Waals surface area contributed by atoms with Crippen LogP contribution in [0.2, 0.25) is 5.02 Å². The van der Waals surface area contributed by atoms with Crippen LogP contribution < -0.4 is 14.4 Å². The second-order valence-electron chi connectivity index (χ2n) is 10.7. The van der Waals surface area contributed by atoms with Crippen LogP contribution >= 0.6 is 34.7 Å². The van der Waals surface area contributed by atoms with Crippen molar-refractivity contribution in [3.8, 4) is 11.5 Å². The zero-order valence-corrected chi connectivity index (χ0v) is 26.5. The molecule has 6 rings (SSSR count). The molecule has 1 saturated heterocycles. The van der Waals surface area contributed by atoms with Gasteiger partial charge in [-0.15, -0.1) is 10.2 Å². The number of aromatic nitrogens is 2. The Morgan fingerprint density at radius 2 is 1.89 bits per heavy atom. The number of fused-ring (bicyclic) bond motifs is 1. The maximum absolute atomic E-state index is 13.6. The highest BCUT2D eigenvalue weighted by Gasteiger charge is 2.48. The van der Waals surface area contributed by atoms with Crippen LogP contribution in [0.1, 0.15) is 55.0 Å². The van der Waals surface area contributed by atoms with Crippen LogP contribution in [0.15, 0.2) is 76.6 Å². The number of ketones is 1. The molecule has 1 aromatic heterocycles. The van der Waals surface area contributed by atoms with Crippen LogP contribution in [-0.2, 0) is 21.8 Å². The molecule has 1 N–H and O–H groups in total. The number of carbonyl (C=O) groups is 2. The molecule has 4 aromatic rings. The molecular weight excluding hydrogens is 618 g/mol. The summed E-state index contributed by atoms with van der Waals surface area (Å²) in [4.78, 5) is 28.6. The molecule has 0 spiro atoms. The van der Waals surface area contributed by atoms with E-state index in [9.17, 15) is 14.7 Å². The first-order chi connectivity index (χ1) is 21.3. The molecule has 8 nitrogen and oxygen atoms in total. The Morgan fingerprint density at radius 3 is 2.64 bits per heavy atom. The maximum Gasteiger partial charge on any atom is 0.301 e. The average Bonchev–Trinajstić information content (AvgIpc) is 3.72. The van der Waals surface area contributed by atoms with Crippen molar-refractivity contribution >= 4 is 57.3 Å². The number of benzene rings is 3. The second-order valence-corrected chi connectivity index (χ2v) is 13.3. The molecular formula is C33H30ClN3O5S2. The van der Waals surface area contributed by atoms with Crippen molar-refractivity contribution in [1.29, 1.82) is 0 Å². The van der Waals surface area contributed by atoms with E-state index in [0.29, 0.717) is 45.0 Å². The number of nitrogens with zero attached hydrogens (tertiary/aromatic N) is 3. The van der Waals surface area contributed by atoms with Crippen molar-refractivity contribution in [2.75, 3.05) is 11.5 Å². The number of aliphatic hydroxyl groups is 1. The third-order valence-electron chi connectivity index (χ3n) is 7.45. The SMILES string of the molecule is CCCCOc1ccc(C2/C(=C(\O)c3ccc4c(c3)CC(C)O4)C(=O)C(=O)N2c2nnc(SCc3ccc(Cl)cc3)s2)cc1. The largest absolute Gasteiger partial charge is 0.507 e. The van der Waals surface area contributed by atoms with E-state index in [1.807, 2.05) is 61.5 Å². The highest BCUT2D eigenvalue weighted by molar-refractivity contribution is 8.00. The summed E-state index contributed by atoms with van der Waals surface area (Å²) in [5, 5.41) is 21.1. The number of ether oxygens (including phenoxy) is 2. The maximum atomic E-state index is 13.6. The third-order valence-corrected chi connectivity index (χ3v) is 9.83. The van der Waals surface area contributed by atoms with Gasteiger partial charge in [0.15, 0.2) is 4.34 Å². The molecule has 1 fully saturated rings.